The lowest BCUT2D eigenvalue weighted by Crippen LogP contribution is -2.18. The third-order valence-corrected chi connectivity index (χ3v) is 8.29. The fraction of sp³-hybridized carbons (Fsp3) is 0.125. The van der Waals surface area contributed by atoms with Gasteiger partial charge in [0.15, 0.2) is 0 Å². The van der Waals surface area contributed by atoms with Crippen LogP contribution in [0.15, 0.2) is 178 Å². The van der Waals surface area contributed by atoms with Crippen LogP contribution in [0, 0.1) is 0 Å². The number of rotatable bonds is 9. The number of fused-ring (bicyclic) bond motifs is 2. The molecule has 0 saturated carbocycles. The average Bonchev–Trinajstić information content (AvgIpc) is 3.68. The summed E-state index contributed by atoms with van der Waals surface area (Å²) >= 11 is 0. The third-order valence-electron chi connectivity index (χ3n) is 8.29. The minimum absolute atomic E-state index is 0.816. The van der Waals surface area contributed by atoms with Crippen molar-refractivity contribution in [2.45, 2.75) is 33.6 Å². The largest absolute Gasteiger partial charge is 0.361 e. The van der Waals surface area contributed by atoms with E-state index in [1.54, 1.807) is 0 Å². The Balaban J connectivity index is 0.00000136. The van der Waals surface area contributed by atoms with Gasteiger partial charge < -0.3 is 10.2 Å². The van der Waals surface area contributed by atoms with Crippen molar-refractivity contribution in [3.63, 3.8) is 0 Å². The summed E-state index contributed by atoms with van der Waals surface area (Å²) in [4.78, 5) is 2.43. The number of nitrogens with one attached hydrogen (secondary N) is 1. The molecule has 1 N–H and O–H groups in total. The number of benzene rings is 4. The Kier molecular flexibility index (Phi) is 14.7. The Bertz CT molecular complexity index is 1930. The highest BCUT2D eigenvalue weighted by molar-refractivity contribution is 5.85. The molecule has 0 amide bonds. The van der Waals surface area contributed by atoms with Gasteiger partial charge in [0.05, 0.1) is 0 Å². The van der Waals surface area contributed by atoms with Gasteiger partial charge in [-0.2, -0.15) is 0 Å². The standard InChI is InChI=1S/C44H40N2.C2H6.C2H4/c1-3-4-8-16-34(2)42-33-39(24-27-43(42)45-29-13-12-19-35-17-9-7-10-18-35)38-25-28-44-40(31-38)20-11-5-6-14-30-46(44)41-26-23-36-21-15-22-37(36)32-41;2*1-2/h3-19,22-29,31-33,45H,2,20-21,30H2,1H3;1-2H3;1-2H2/b4-3-,11-5-,14-6-,16-8-,19-12-,29-13-;;. The molecule has 1 aliphatic heterocycles. The van der Waals surface area contributed by atoms with Gasteiger partial charge in [0.25, 0.3) is 0 Å². The first kappa shape index (κ1) is 37.0. The van der Waals surface area contributed by atoms with Gasteiger partial charge in [-0.05, 0) is 101 Å². The summed E-state index contributed by atoms with van der Waals surface area (Å²) in [6.07, 6.45) is 31.5. The number of hydrogen-bond acceptors (Lipinski definition) is 2. The molecule has 1 aliphatic carbocycles. The van der Waals surface area contributed by atoms with Gasteiger partial charge in [-0.3, -0.25) is 0 Å². The van der Waals surface area contributed by atoms with E-state index in [1.165, 1.54) is 39.2 Å². The van der Waals surface area contributed by atoms with E-state index in [0.717, 1.165) is 41.8 Å². The predicted molar refractivity (Wildman–Crippen MR) is 224 cm³/mol. The second-order valence-corrected chi connectivity index (χ2v) is 11.4. The van der Waals surface area contributed by atoms with Crippen LogP contribution in [0.4, 0.5) is 17.1 Å². The van der Waals surface area contributed by atoms with Crippen LogP contribution in [0.2, 0.25) is 0 Å². The summed E-state index contributed by atoms with van der Waals surface area (Å²) in [6.45, 7) is 17.3. The average molecular weight is 655 g/mol. The summed E-state index contributed by atoms with van der Waals surface area (Å²) in [5.41, 5.74) is 13.0. The van der Waals surface area contributed by atoms with Crippen LogP contribution in [0.3, 0.4) is 0 Å². The molecule has 2 aliphatic rings. The van der Waals surface area contributed by atoms with E-state index in [1.807, 2.05) is 75.6 Å². The SMILES string of the molecule is C=C.C=C(/C=C\C=C/C)c1cc(-c2ccc3c(c2)C/C=C\C=C/CN3c2ccc3c(c2)C=CC3)ccc1N/C=C\C=C/c1ccccc1.CC. The van der Waals surface area contributed by atoms with Gasteiger partial charge in [0.2, 0.25) is 0 Å². The zero-order chi connectivity index (χ0) is 35.6. The van der Waals surface area contributed by atoms with E-state index in [0.29, 0.717) is 0 Å². The van der Waals surface area contributed by atoms with Crippen molar-refractivity contribution < 1.29 is 0 Å². The summed E-state index contributed by atoms with van der Waals surface area (Å²) in [6, 6.07) is 30.7. The van der Waals surface area contributed by atoms with E-state index in [-0.39, 0.29) is 0 Å². The monoisotopic (exact) mass is 654 g/mol. The van der Waals surface area contributed by atoms with Gasteiger partial charge in [0.1, 0.15) is 0 Å². The predicted octanol–water partition coefficient (Wildman–Crippen LogP) is 13.3. The summed E-state index contributed by atoms with van der Waals surface area (Å²) < 4.78 is 0. The maximum atomic E-state index is 4.42. The lowest BCUT2D eigenvalue weighted by Gasteiger charge is -2.27. The first-order valence-corrected chi connectivity index (χ1v) is 17.5. The Morgan fingerprint density at radius 2 is 1.50 bits per heavy atom. The first-order chi connectivity index (χ1) is 24.7. The second-order valence-electron chi connectivity index (χ2n) is 11.4. The van der Waals surface area contributed by atoms with Crippen molar-refractivity contribution in [2.24, 2.45) is 0 Å². The van der Waals surface area contributed by atoms with E-state index in [9.17, 15) is 0 Å². The molecule has 0 unspecified atom stereocenters. The van der Waals surface area contributed by atoms with Gasteiger partial charge in [-0.25, -0.2) is 0 Å². The summed E-state index contributed by atoms with van der Waals surface area (Å²) in [5.74, 6) is 0. The molecule has 4 aromatic carbocycles. The fourth-order valence-electron chi connectivity index (χ4n) is 5.87. The number of nitrogens with zero attached hydrogens (tertiary/aromatic N) is 1. The fourth-order valence-corrected chi connectivity index (χ4v) is 5.87. The van der Waals surface area contributed by atoms with Crippen molar-refractivity contribution in [2.75, 3.05) is 16.8 Å². The van der Waals surface area contributed by atoms with Crippen LogP contribution in [0.1, 0.15) is 48.6 Å². The van der Waals surface area contributed by atoms with E-state index >= 15 is 0 Å². The zero-order valence-electron chi connectivity index (χ0n) is 29.9. The molecule has 0 aromatic heterocycles. The maximum Gasteiger partial charge on any atom is 0.0459 e. The molecule has 4 aromatic rings. The normalized spacial score (nSPS) is 14.6. The number of anilines is 3. The number of allylic oxidation sites excluding steroid dienone is 11. The molecule has 50 heavy (non-hydrogen) atoms. The molecule has 6 rings (SSSR count). The van der Waals surface area contributed by atoms with Crippen LogP contribution in [0.5, 0.6) is 0 Å². The molecule has 0 bridgehead atoms. The zero-order valence-corrected chi connectivity index (χ0v) is 29.9. The lowest BCUT2D eigenvalue weighted by molar-refractivity contribution is 1.07. The minimum Gasteiger partial charge on any atom is -0.361 e. The molecule has 0 atom stereocenters. The Morgan fingerprint density at radius 1 is 0.740 bits per heavy atom. The van der Waals surface area contributed by atoms with Crippen LogP contribution in [0.25, 0.3) is 28.9 Å². The molecule has 2 heteroatoms. The first-order valence-electron chi connectivity index (χ1n) is 17.5. The van der Waals surface area contributed by atoms with Crippen molar-refractivity contribution >= 4 is 34.8 Å². The number of hydrogen-bond donors (Lipinski definition) is 1. The smallest absolute Gasteiger partial charge is 0.0459 e. The molecule has 1 heterocycles. The highest BCUT2D eigenvalue weighted by atomic mass is 15.1. The quantitative estimate of drug-likeness (QED) is 0.143. The van der Waals surface area contributed by atoms with Gasteiger partial charge >= 0.3 is 0 Å². The Morgan fingerprint density at radius 3 is 2.32 bits per heavy atom. The summed E-state index contributed by atoms with van der Waals surface area (Å²) in [5, 5.41) is 3.49. The van der Waals surface area contributed by atoms with Gasteiger partial charge in [0, 0.05) is 35.4 Å². The summed E-state index contributed by atoms with van der Waals surface area (Å²) in [7, 11) is 0. The van der Waals surface area contributed by atoms with Crippen LogP contribution >= 0.6 is 0 Å². The molecule has 0 fully saturated rings. The van der Waals surface area contributed by atoms with Gasteiger partial charge in [-0.15, -0.1) is 13.2 Å². The molecule has 252 valence electrons. The van der Waals surface area contributed by atoms with E-state index < -0.39 is 0 Å². The molecule has 0 radical (unpaired) electrons. The second kappa shape index (κ2) is 19.8. The van der Waals surface area contributed by atoms with Crippen LogP contribution < -0.4 is 10.2 Å². The Hall–Kier alpha value is -5.86. The molecule has 0 saturated heterocycles. The Labute approximate surface area is 300 Å². The maximum absolute atomic E-state index is 4.42. The molecule has 2 nitrogen and oxygen atoms in total. The minimum atomic E-state index is 0.816. The topological polar surface area (TPSA) is 15.3 Å². The molecular formula is C48H50N2. The van der Waals surface area contributed by atoms with Crippen molar-refractivity contribution in [1.29, 1.82) is 0 Å². The third kappa shape index (κ3) is 9.84. The highest BCUT2D eigenvalue weighted by Gasteiger charge is 2.17. The van der Waals surface area contributed by atoms with E-state index in [2.05, 4.69) is 145 Å². The molecular weight excluding hydrogens is 605 g/mol. The van der Waals surface area contributed by atoms with Crippen LogP contribution in [-0.4, -0.2) is 6.54 Å². The lowest BCUT2D eigenvalue weighted by atomic mass is 9.95. The molecule has 0 spiro atoms. The van der Waals surface area contributed by atoms with Crippen molar-refractivity contribution in [3.05, 3.63) is 206 Å². The van der Waals surface area contributed by atoms with Crippen molar-refractivity contribution in [1.82, 2.24) is 0 Å². The van der Waals surface area contributed by atoms with E-state index in [4.69, 9.17) is 0 Å². The van der Waals surface area contributed by atoms with Crippen LogP contribution in [-0.2, 0) is 12.8 Å². The van der Waals surface area contributed by atoms with Gasteiger partial charge in [-0.1, -0.05) is 142 Å². The highest BCUT2D eigenvalue weighted by Crippen LogP contribution is 2.37. The van der Waals surface area contributed by atoms with Crippen molar-refractivity contribution in [3.8, 4) is 11.1 Å².